The van der Waals surface area contributed by atoms with Crippen LogP contribution < -0.4 is 5.32 Å². The Morgan fingerprint density at radius 1 is 1.42 bits per heavy atom. The number of hydrogen-bond donors (Lipinski definition) is 1. The van der Waals surface area contributed by atoms with Crippen LogP contribution in [0.5, 0.6) is 0 Å². The molecule has 1 saturated heterocycles. The Kier molecular flexibility index (Phi) is 5.74. The third kappa shape index (κ3) is 4.23. The van der Waals surface area contributed by atoms with Crippen molar-refractivity contribution in [3.8, 4) is 0 Å². The first kappa shape index (κ1) is 14.9. The summed E-state index contributed by atoms with van der Waals surface area (Å²) < 4.78 is 5.95. The average molecular weight is 279 g/mol. The highest BCUT2D eigenvalue weighted by atomic mass is 32.2. The number of nitrogens with one attached hydrogen (secondary N) is 1. The van der Waals surface area contributed by atoms with Crippen LogP contribution >= 0.6 is 11.8 Å². The van der Waals surface area contributed by atoms with Crippen molar-refractivity contribution >= 4 is 11.8 Å². The molecule has 2 rings (SSSR count). The maximum Gasteiger partial charge on any atom is 0.0821 e. The second-order valence-electron chi connectivity index (χ2n) is 5.28. The van der Waals surface area contributed by atoms with Crippen LogP contribution in [-0.2, 0) is 11.2 Å². The Bertz CT molecular complexity index is 402. The number of ether oxygens (including phenoxy) is 1. The molecule has 1 heterocycles. The van der Waals surface area contributed by atoms with E-state index in [1.165, 1.54) is 16.7 Å². The minimum atomic E-state index is 0.346. The van der Waals surface area contributed by atoms with Crippen LogP contribution in [-0.4, -0.2) is 36.8 Å². The predicted octanol–water partition coefficient (Wildman–Crippen LogP) is 2.96. The van der Waals surface area contributed by atoms with Gasteiger partial charge in [0.15, 0.2) is 0 Å². The summed E-state index contributed by atoms with van der Waals surface area (Å²) in [4.78, 5) is 0. The molecule has 1 aliphatic rings. The molecule has 19 heavy (non-hydrogen) atoms. The maximum atomic E-state index is 5.95. The Balaban J connectivity index is 2.08. The molecule has 0 aliphatic carbocycles. The topological polar surface area (TPSA) is 21.3 Å². The van der Waals surface area contributed by atoms with E-state index in [9.17, 15) is 0 Å². The SMILES string of the molecule is CCNC(Cc1cc(C)ccc1C)C1CSCCO1. The van der Waals surface area contributed by atoms with Crippen molar-refractivity contribution in [3.05, 3.63) is 34.9 Å². The van der Waals surface area contributed by atoms with E-state index in [0.29, 0.717) is 12.1 Å². The Labute approximate surface area is 121 Å². The minimum absolute atomic E-state index is 0.346. The minimum Gasteiger partial charge on any atom is -0.375 e. The van der Waals surface area contributed by atoms with Gasteiger partial charge in [-0.25, -0.2) is 0 Å². The monoisotopic (exact) mass is 279 g/mol. The van der Waals surface area contributed by atoms with E-state index in [1.54, 1.807) is 0 Å². The van der Waals surface area contributed by atoms with E-state index in [4.69, 9.17) is 4.74 Å². The van der Waals surface area contributed by atoms with Gasteiger partial charge >= 0.3 is 0 Å². The molecular weight excluding hydrogens is 254 g/mol. The van der Waals surface area contributed by atoms with Gasteiger partial charge in [0, 0.05) is 17.5 Å². The van der Waals surface area contributed by atoms with Crippen LogP contribution in [0.2, 0.25) is 0 Å². The van der Waals surface area contributed by atoms with Crippen molar-refractivity contribution < 1.29 is 4.74 Å². The molecule has 0 amide bonds. The van der Waals surface area contributed by atoms with Gasteiger partial charge in [0.05, 0.1) is 12.7 Å². The summed E-state index contributed by atoms with van der Waals surface area (Å²) in [5.74, 6) is 2.25. The van der Waals surface area contributed by atoms with Crippen molar-refractivity contribution in [2.24, 2.45) is 0 Å². The standard InChI is InChI=1S/C16H25NOS/c1-4-17-15(16-11-19-8-7-18-16)10-14-9-12(2)5-6-13(14)3/h5-6,9,15-17H,4,7-8,10-11H2,1-3H3. The van der Waals surface area contributed by atoms with Crippen LogP contribution in [0.1, 0.15) is 23.6 Å². The molecule has 0 radical (unpaired) electrons. The van der Waals surface area contributed by atoms with Gasteiger partial charge in [0.25, 0.3) is 0 Å². The molecule has 2 nitrogen and oxygen atoms in total. The predicted molar refractivity (Wildman–Crippen MR) is 84.1 cm³/mol. The quantitative estimate of drug-likeness (QED) is 0.895. The fraction of sp³-hybridized carbons (Fsp3) is 0.625. The zero-order valence-electron chi connectivity index (χ0n) is 12.2. The van der Waals surface area contributed by atoms with Crippen LogP contribution in [0.25, 0.3) is 0 Å². The lowest BCUT2D eigenvalue weighted by Gasteiger charge is -2.31. The first-order chi connectivity index (χ1) is 9.20. The normalized spacial score (nSPS) is 21.3. The highest BCUT2D eigenvalue weighted by Gasteiger charge is 2.24. The summed E-state index contributed by atoms with van der Waals surface area (Å²) >= 11 is 2.01. The molecule has 1 N–H and O–H groups in total. The number of thioether (sulfide) groups is 1. The van der Waals surface area contributed by atoms with Gasteiger partial charge in [-0.1, -0.05) is 30.7 Å². The summed E-state index contributed by atoms with van der Waals surface area (Å²) in [5, 5.41) is 3.61. The maximum absolute atomic E-state index is 5.95. The molecular formula is C16H25NOS. The van der Waals surface area contributed by atoms with Gasteiger partial charge in [0.1, 0.15) is 0 Å². The molecule has 0 spiro atoms. The smallest absolute Gasteiger partial charge is 0.0821 e. The Morgan fingerprint density at radius 3 is 2.95 bits per heavy atom. The lowest BCUT2D eigenvalue weighted by Crippen LogP contribution is -2.46. The number of hydrogen-bond acceptors (Lipinski definition) is 3. The van der Waals surface area contributed by atoms with Gasteiger partial charge in [-0.3, -0.25) is 0 Å². The number of likely N-dealkylation sites (N-methyl/N-ethyl adjacent to an activating group) is 1. The molecule has 3 heteroatoms. The first-order valence-corrected chi connectivity index (χ1v) is 8.35. The average Bonchev–Trinajstić information content (AvgIpc) is 2.43. The molecule has 1 aromatic carbocycles. The van der Waals surface area contributed by atoms with E-state index in [1.807, 2.05) is 11.8 Å². The summed E-state index contributed by atoms with van der Waals surface area (Å²) in [7, 11) is 0. The van der Waals surface area contributed by atoms with E-state index in [0.717, 1.165) is 31.1 Å². The molecule has 1 fully saturated rings. The van der Waals surface area contributed by atoms with Gasteiger partial charge in [0.2, 0.25) is 0 Å². The van der Waals surface area contributed by atoms with Crippen molar-refractivity contribution in [1.82, 2.24) is 5.32 Å². The largest absolute Gasteiger partial charge is 0.375 e. The summed E-state index contributed by atoms with van der Waals surface area (Å²) in [6, 6.07) is 7.16. The van der Waals surface area contributed by atoms with Crippen LogP contribution in [0, 0.1) is 13.8 Å². The first-order valence-electron chi connectivity index (χ1n) is 7.19. The molecule has 0 aromatic heterocycles. The van der Waals surface area contributed by atoms with Gasteiger partial charge < -0.3 is 10.1 Å². The lowest BCUT2D eigenvalue weighted by molar-refractivity contribution is 0.0475. The molecule has 106 valence electrons. The van der Waals surface area contributed by atoms with E-state index >= 15 is 0 Å². The lowest BCUT2D eigenvalue weighted by atomic mass is 9.96. The fourth-order valence-electron chi connectivity index (χ4n) is 2.59. The second-order valence-corrected chi connectivity index (χ2v) is 6.43. The summed E-state index contributed by atoms with van der Waals surface area (Å²) in [6.45, 7) is 8.43. The van der Waals surface area contributed by atoms with Crippen molar-refractivity contribution in [2.75, 3.05) is 24.7 Å². The van der Waals surface area contributed by atoms with Crippen molar-refractivity contribution in [2.45, 2.75) is 39.3 Å². The molecule has 0 saturated carbocycles. The molecule has 1 aliphatic heterocycles. The zero-order valence-corrected chi connectivity index (χ0v) is 13.1. The van der Waals surface area contributed by atoms with E-state index in [-0.39, 0.29) is 0 Å². The molecule has 2 unspecified atom stereocenters. The number of rotatable bonds is 5. The highest BCUT2D eigenvalue weighted by molar-refractivity contribution is 7.99. The number of benzene rings is 1. The third-order valence-corrected chi connectivity index (χ3v) is 4.72. The van der Waals surface area contributed by atoms with Crippen molar-refractivity contribution in [1.29, 1.82) is 0 Å². The van der Waals surface area contributed by atoms with Gasteiger partial charge in [-0.15, -0.1) is 0 Å². The summed E-state index contributed by atoms with van der Waals surface area (Å²) in [5.41, 5.74) is 4.18. The van der Waals surface area contributed by atoms with Gasteiger partial charge in [-0.2, -0.15) is 11.8 Å². The van der Waals surface area contributed by atoms with Gasteiger partial charge in [-0.05, 0) is 37.9 Å². The third-order valence-electron chi connectivity index (χ3n) is 3.70. The molecule has 0 bridgehead atoms. The second kappa shape index (κ2) is 7.32. The van der Waals surface area contributed by atoms with Crippen LogP contribution in [0.15, 0.2) is 18.2 Å². The highest BCUT2D eigenvalue weighted by Crippen LogP contribution is 2.20. The van der Waals surface area contributed by atoms with Crippen LogP contribution in [0.3, 0.4) is 0 Å². The molecule has 2 atom stereocenters. The zero-order chi connectivity index (χ0) is 13.7. The Morgan fingerprint density at radius 2 is 2.26 bits per heavy atom. The fourth-order valence-corrected chi connectivity index (χ4v) is 3.53. The van der Waals surface area contributed by atoms with Crippen LogP contribution in [0.4, 0.5) is 0 Å². The summed E-state index contributed by atoms with van der Waals surface area (Å²) in [6.07, 6.45) is 1.41. The van der Waals surface area contributed by atoms with E-state index in [2.05, 4.69) is 44.3 Å². The number of aryl methyl sites for hydroxylation is 2. The van der Waals surface area contributed by atoms with E-state index < -0.39 is 0 Å². The van der Waals surface area contributed by atoms with Crippen molar-refractivity contribution in [3.63, 3.8) is 0 Å². The molecule has 1 aromatic rings. The Hall–Kier alpha value is -0.510.